The molecule has 0 atom stereocenters. The summed E-state index contributed by atoms with van der Waals surface area (Å²) < 4.78 is 4.53. The first kappa shape index (κ1) is 16.0. The standard InChI is InChI=1S/C14H26N2O3/c1-13(2)8-10(9-14(3,4)16-13)15-11(17)6-7-12(18)19-5/h10,16H,6-9H2,1-5H3,(H,15,17). The highest BCUT2D eigenvalue weighted by Crippen LogP contribution is 2.28. The molecule has 1 amide bonds. The summed E-state index contributed by atoms with van der Waals surface area (Å²) in [5.41, 5.74) is 0.00406. The molecule has 1 saturated heterocycles. The number of rotatable bonds is 4. The van der Waals surface area contributed by atoms with Crippen LogP contribution in [0.4, 0.5) is 0 Å². The minimum absolute atomic E-state index is 0.00203. The first-order chi connectivity index (χ1) is 8.63. The van der Waals surface area contributed by atoms with Gasteiger partial charge in [-0.1, -0.05) is 0 Å². The third-order valence-electron chi connectivity index (χ3n) is 3.34. The summed E-state index contributed by atoms with van der Waals surface area (Å²) in [6.45, 7) is 8.56. The van der Waals surface area contributed by atoms with Gasteiger partial charge in [-0.15, -0.1) is 0 Å². The highest BCUT2D eigenvalue weighted by atomic mass is 16.5. The fourth-order valence-electron chi connectivity index (χ4n) is 3.04. The molecular formula is C14H26N2O3. The Labute approximate surface area is 115 Å². The molecule has 110 valence electrons. The van der Waals surface area contributed by atoms with Crippen molar-refractivity contribution in [2.24, 2.45) is 0 Å². The average molecular weight is 270 g/mol. The van der Waals surface area contributed by atoms with Crippen LogP contribution in [-0.4, -0.2) is 36.1 Å². The normalized spacial score (nSPS) is 21.7. The molecule has 5 heteroatoms. The second-order valence-electron chi connectivity index (χ2n) is 6.64. The second-order valence-corrected chi connectivity index (χ2v) is 6.64. The molecule has 19 heavy (non-hydrogen) atoms. The SMILES string of the molecule is COC(=O)CCC(=O)NC1CC(C)(C)NC(C)(C)C1. The van der Waals surface area contributed by atoms with Gasteiger partial charge in [-0.05, 0) is 40.5 Å². The van der Waals surface area contributed by atoms with Gasteiger partial charge in [-0.3, -0.25) is 9.59 Å². The maximum atomic E-state index is 11.8. The zero-order valence-corrected chi connectivity index (χ0v) is 12.6. The van der Waals surface area contributed by atoms with Crippen LogP contribution >= 0.6 is 0 Å². The van der Waals surface area contributed by atoms with Crippen molar-refractivity contribution in [1.82, 2.24) is 10.6 Å². The monoisotopic (exact) mass is 270 g/mol. The van der Waals surface area contributed by atoms with Crippen molar-refractivity contribution in [2.75, 3.05) is 7.11 Å². The van der Waals surface area contributed by atoms with E-state index in [0.29, 0.717) is 0 Å². The Morgan fingerprint density at radius 3 is 2.16 bits per heavy atom. The Bertz CT molecular complexity index is 335. The molecule has 0 aliphatic carbocycles. The van der Waals surface area contributed by atoms with Crippen LogP contribution < -0.4 is 10.6 Å². The smallest absolute Gasteiger partial charge is 0.306 e. The van der Waals surface area contributed by atoms with Crippen LogP contribution in [0.15, 0.2) is 0 Å². The van der Waals surface area contributed by atoms with Gasteiger partial charge < -0.3 is 15.4 Å². The van der Waals surface area contributed by atoms with Gasteiger partial charge in [-0.25, -0.2) is 0 Å². The van der Waals surface area contributed by atoms with Crippen LogP contribution in [0.25, 0.3) is 0 Å². The Kier molecular flexibility index (Phi) is 4.96. The predicted molar refractivity (Wildman–Crippen MR) is 73.7 cm³/mol. The third-order valence-corrected chi connectivity index (χ3v) is 3.34. The van der Waals surface area contributed by atoms with Crippen LogP contribution in [0, 0.1) is 0 Å². The summed E-state index contributed by atoms with van der Waals surface area (Å²) in [7, 11) is 1.33. The van der Waals surface area contributed by atoms with E-state index in [0.717, 1.165) is 12.8 Å². The van der Waals surface area contributed by atoms with Crippen LogP contribution in [0.5, 0.6) is 0 Å². The molecule has 0 aromatic carbocycles. The minimum atomic E-state index is -0.346. The van der Waals surface area contributed by atoms with Crippen molar-refractivity contribution < 1.29 is 14.3 Å². The molecule has 1 aliphatic rings. The van der Waals surface area contributed by atoms with Gasteiger partial charge in [0, 0.05) is 23.5 Å². The van der Waals surface area contributed by atoms with Crippen molar-refractivity contribution in [2.45, 2.75) is 70.5 Å². The Hall–Kier alpha value is -1.10. The van der Waals surface area contributed by atoms with E-state index in [9.17, 15) is 9.59 Å². The second kappa shape index (κ2) is 5.90. The highest BCUT2D eigenvalue weighted by molar-refractivity contribution is 5.81. The van der Waals surface area contributed by atoms with Gasteiger partial charge in [0.05, 0.1) is 13.5 Å². The molecule has 0 aromatic heterocycles. The molecule has 0 radical (unpaired) electrons. The molecular weight excluding hydrogens is 244 g/mol. The van der Waals surface area contributed by atoms with Gasteiger partial charge in [0.25, 0.3) is 0 Å². The lowest BCUT2D eigenvalue weighted by Gasteiger charge is -2.46. The number of methoxy groups -OCH3 is 1. The number of amides is 1. The van der Waals surface area contributed by atoms with Gasteiger partial charge in [-0.2, -0.15) is 0 Å². The first-order valence-electron chi connectivity index (χ1n) is 6.79. The zero-order valence-electron chi connectivity index (χ0n) is 12.6. The lowest BCUT2D eigenvalue weighted by Crippen LogP contribution is -2.62. The van der Waals surface area contributed by atoms with Crippen LogP contribution in [0.3, 0.4) is 0 Å². The molecule has 5 nitrogen and oxygen atoms in total. The summed E-state index contributed by atoms with van der Waals surface area (Å²) in [4.78, 5) is 22.8. The van der Waals surface area contributed by atoms with Crippen LogP contribution in [0.1, 0.15) is 53.4 Å². The van der Waals surface area contributed by atoms with E-state index < -0.39 is 0 Å². The Balaban J connectivity index is 2.47. The highest BCUT2D eigenvalue weighted by Gasteiger charge is 2.38. The lowest BCUT2D eigenvalue weighted by atomic mass is 9.79. The van der Waals surface area contributed by atoms with E-state index in [2.05, 4.69) is 43.1 Å². The number of ether oxygens (including phenoxy) is 1. The van der Waals surface area contributed by atoms with Gasteiger partial charge >= 0.3 is 5.97 Å². The number of hydrogen-bond acceptors (Lipinski definition) is 4. The van der Waals surface area contributed by atoms with E-state index in [4.69, 9.17) is 0 Å². The van der Waals surface area contributed by atoms with E-state index >= 15 is 0 Å². The fourth-order valence-corrected chi connectivity index (χ4v) is 3.04. The number of hydrogen-bond donors (Lipinski definition) is 2. The quantitative estimate of drug-likeness (QED) is 0.757. The fraction of sp³-hybridized carbons (Fsp3) is 0.857. The molecule has 0 unspecified atom stereocenters. The predicted octanol–water partition coefficient (Wildman–Crippen LogP) is 1.36. The number of piperidine rings is 1. The van der Waals surface area contributed by atoms with Crippen molar-refractivity contribution in [3.63, 3.8) is 0 Å². The van der Waals surface area contributed by atoms with Crippen molar-refractivity contribution in [3.05, 3.63) is 0 Å². The summed E-state index contributed by atoms with van der Waals surface area (Å²) in [5, 5.41) is 6.59. The molecule has 1 fully saturated rings. The van der Waals surface area contributed by atoms with Crippen molar-refractivity contribution >= 4 is 11.9 Å². The molecule has 2 N–H and O–H groups in total. The van der Waals surface area contributed by atoms with Crippen LogP contribution in [0.2, 0.25) is 0 Å². The number of nitrogens with one attached hydrogen (secondary N) is 2. The first-order valence-corrected chi connectivity index (χ1v) is 6.79. The molecule has 1 rings (SSSR count). The van der Waals surface area contributed by atoms with E-state index in [-0.39, 0.29) is 41.8 Å². The number of esters is 1. The molecule has 0 saturated carbocycles. The minimum Gasteiger partial charge on any atom is -0.469 e. The molecule has 0 bridgehead atoms. The number of carbonyl (C=O) groups is 2. The zero-order chi connectivity index (χ0) is 14.7. The maximum absolute atomic E-state index is 11.8. The summed E-state index contributed by atoms with van der Waals surface area (Å²) in [6.07, 6.45) is 2.11. The van der Waals surface area contributed by atoms with E-state index in [1.54, 1.807) is 0 Å². The van der Waals surface area contributed by atoms with E-state index in [1.807, 2.05) is 0 Å². The van der Waals surface area contributed by atoms with Gasteiger partial charge in [0.1, 0.15) is 0 Å². The van der Waals surface area contributed by atoms with Crippen LogP contribution in [-0.2, 0) is 14.3 Å². The average Bonchev–Trinajstić information content (AvgIpc) is 2.21. The molecule has 1 heterocycles. The topological polar surface area (TPSA) is 67.4 Å². The molecule has 1 aliphatic heterocycles. The summed E-state index contributed by atoms with van der Waals surface area (Å²) in [6, 6.07) is 0.149. The van der Waals surface area contributed by atoms with Gasteiger partial charge in [0.15, 0.2) is 0 Å². The Morgan fingerprint density at radius 1 is 1.16 bits per heavy atom. The molecule has 0 spiro atoms. The van der Waals surface area contributed by atoms with Gasteiger partial charge in [0.2, 0.25) is 5.91 Å². The van der Waals surface area contributed by atoms with Crippen molar-refractivity contribution in [3.8, 4) is 0 Å². The summed E-state index contributed by atoms with van der Waals surface area (Å²) >= 11 is 0. The number of carbonyl (C=O) groups excluding carboxylic acids is 2. The molecule has 0 aromatic rings. The largest absolute Gasteiger partial charge is 0.469 e. The third kappa shape index (κ3) is 5.59. The summed E-state index contributed by atoms with van der Waals surface area (Å²) in [5.74, 6) is -0.426. The lowest BCUT2D eigenvalue weighted by molar-refractivity contribution is -0.142. The van der Waals surface area contributed by atoms with Crippen molar-refractivity contribution in [1.29, 1.82) is 0 Å². The van der Waals surface area contributed by atoms with E-state index in [1.165, 1.54) is 7.11 Å². The maximum Gasteiger partial charge on any atom is 0.306 e. The Morgan fingerprint density at radius 2 is 1.68 bits per heavy atom.